The Morgan fingerprint density at radius 3 is 2.72 bits per heavy atom. The average molecular weight is 262 g/mol. The van der Waals surface area contributed by atoms with Crippen LogP contribution in [0.3, 0.4) is 0 Å². The fourth-order valence-corrected chi connectivity index (χ4v) is 2.87. The van der Waals surface area contributed by atoms with Crippen molar-refractivity contribution in [2.24, 2.45) is 11.7 Å². The van der Waals surface area contributed by atoms with Crippen LogP contribution in [0.25, 0.3) is 11.0 Å². The molecule has 1 heterocycles. The summed E-state index contributed by atoms with van der Waals surface area (Å²) in [5.74, 6) is 1.70. The number of nitrogens with zero attached hydrogens (tertiary/aromatic N) is 2. The molecule has 4 heteroatoms. The third kappa shape index (κ3) is 1.65. The van der Waals surface area contributed by atoms with Gasteiger partial charge in [0.2, 0.25) is 0 Å². The lowest BCUT2D eigenvalue weighted by molar-refractivity contribution is 0.552. The fourth-order valence-electron chi connectivity index (χ4n) is 2.70. The molecule has 1 unspecified atom stereocenters. The van der Waals surface area contributed by atoms with Crippen LogP contribution in [-0.4, -0.2) is 9.55 Å². The standard InChI is InChI=1S/C14H16ClN3/c15-9-3-6-11-12(7-9)18(10-4-5-10)14(17-11)13(16)8-1-2-8/h3,6-8,10,13H,1-2,4-5,16H2. The number of hydrogen-bond acceptors (Lipinski definition) is 2. The number of nitrogens with two attached hydrogens (primary N) is 1. The number of rotatable bonds is 3. The van der Waals surface area contributed by atoms with Crippen molar-refractivity contribution in [1.82, 2.24) is 9.55 Å². The quantitative estimate of drug-likeness (QED) is 0.920. The van der Waals surface area contributed by atoms with Crippen molar-refractivity contribution in [3.63, 3.8) is 0 Å². The molecule has 1 aromatic carbocycles. The van der Waals surface area contributed by atoms with Crippen molar-refractivity contribution in [2.75, 3.05) is 0 Å². The lowest BCUT2D eigenvalue weighted by Gasteiger charge is -2.13. The lowest BCUT2D eigenvalue weighted by atomic mass is 10.2. The molecule has 3 nitrogen and oxygen atoms in total. The Bertz CT molecular complexity index is 611. The molecule has 0 amide bonds. The number of aromatic nitrogens is 2. The van der Waals surface area contributed by atoms with Gasteiger partial charge in [0.1, 0.15) is 5.82 Å². The van der Waals surface area contributed by atoms with Gasteiger partial charge in [-0.2, -0.15) is 0 Å². The Hall–Kier alpha value is -1.06. The molecule has 1 atom stereocenters. The van der Waals surface area contributed by atoms with Crippen molar-refractivity contribution in [3.05, 3.63) is 29.0 Å². The van der Waals surface area contributed by atoms with Gasteiger partial charge < -0.3 is 10.3 Å². The summed E-state index contributed by atoms with van der Waals surface area (Å²) in [6.45, 7) is 0. The minimum Gasteiger partial charge on any atom is -0.323 e. The van der Waals surface area contributed by atoms with Crippen molar-refractivity contribution >= 4 is 22.6 Å². The molecule has 18 heavy (non-hydrogen) atoms. The van der Waals surface area contributed by atoms with Crippen molar-refractivity contribution in [2.45, 2.75) is 37.8 Å². The van der Waals surface area contributed by atoms with Gasteiger partial charge in [0, 0.05) is 11.1 Å². The lowest BCUT2D eigenvalue weighted by Crippen LogP contribution is -2.18. The molecule has 94 valence electrons. The van der Waals surface area contributed by atoms with Crippen LogP contribution in [0, 0.1) is 5.92 Å². The van der Waals surface area contributed by atoms with Crippen molar-refractivity contribution in [3.8, 4) is 0 Å². The van der Waals surface area contributed by atoms with E-state index in [4.69, 9.17) is 22.3 Å². The first-order valence-electron chi connectivity index (χ1n) is 6.67. The predicted molar refractivity (Wildman–Crippen MR) is 72.7 cm³/mol. The molecule has 1 aromatic heterocycles. The van der Waals surface area contributed by atoms with Gasteiger partial charge in [0.15, 0.2) is 0 Å². The van der Waals surface area contributed by atoms with Crippen molar-refractivity contribution in [1.29, 1.82) is 0 Å². The van der Waals surface area contributed by atoms with Crippen LogP contribution in [0.2, 0.25) is 5.02 Å². The van der Waals surface area contributed by atoms with Crippen molar-refractivity contribution < 1.29 is 0 Å². The van der Waals surface area contributed by atoms with E-state index >= 15 is 0 Å². The summed E-state index contributed by atoms with van der Waals surface area (Å²) in [5.41, 5.74) is 8.53. The van der Waals surface area contributed by atoms with Crippen LogP contribution in [-0.2, 0) is 0 Å². The maximum absolute atomic E-state index is 6.35. The second kappa shape index (κ2) is 3.72. The number of fused-ring (bicyclic) bond motifs is 1. The summed E-state index contributed by atoms with van der Waals surface area (Å²) < 4.78 is 2.34. The number of halogens is 1. The second-order valence-corrected chi connectivity index (χ2v) is 6.00. The van der Waals surface area contributed by atoms with Crippen LogP contribution in [0.1, 0.15) is 43.6 Å². The zero-order chi connectivity index (χ0) is 12.3. The highest BCUT2D eigenvalue weighted by Crippen LogP contribution is 2.44. The summed E-state index contributed by atoms with van der Waals surface area (Å²) in [6.07, 6.45) is 4.97. The molecule has 2 saturated carbocycles. The van der Waals surface area contributed by atoms with E-state index in [1.807, 2.05) is 18.2 Å². The highest BCUT2D eigenvalue weighted by atomic mass is 35.5. The molecule has 0 saturated heterocycles. The van der Waals surface area contributed by atoms with Gasteiger partial charge in [-0.15, -0.1) is 0 Å². The molecule has 4 rings (SSSR count). The summed E-state index contributed by atoms with van der Waals surface area (Å²) >= 11 is 6.11. The van der Waals surface area contributed by atoms with Gasteiger partial charge in [0.25, 0.3) is 0 Å². The van der Waals surface area contributed by atoms with Gasteiger partial charge >= 0.3 is 0 Å². The topological polar surface area (TPSA) is 43.8 Å². The summed E-state index contributed by atoms with van der Waals surface area (Å²) in [4.78, 5) is 4.76. The largest absolute Gasteiger partial charge is 0.323 e. The summed E-state index contributed by atoms with van der Waals surface area (Å²) in [6, 6.07) is 6.61. The fraction of sp³-hybridized carbons (Fsp3) is 0.500. The Labute approximate surface area is 111 Å². The first-order chi connectivity index (χ1) is 8.74. The van der Waals surface area contributed by atoms with E-state index in [-0.39, 0.29) is 6.04 Å². The average Bonchev–Trinajstić information content (AvgIpc) is 3.23. The summed E-state index contributed by atoms with van der Waals surface area (Å²) in [7, 11) is 0. The number of benzene rings is 1. The third-order valence-electron chi connectivity index (χ3n) is 4.02. The van der Waals surface area contributed by atoms with E-state index in [0.29, 0.717) is 12.0 Å². The molecule has 2 aromatic rings. The third-order valence-corrected chi connectivity index (χ3v) is 4.25. The second-order valence-electron chi connectivity index (χ2n) is 5.57. The number of imidazole rings is 1. The molecule has 2 N–H and O–H groups in total. The zero-order valence-corrected chi connectivity index (χ0v) is 10.9. The molecule has 2 aliphatic carbocycles. The van der Waals surface area contributed by atoms with Crippen LogP contribution in [0.4, 0.5) is 0 Å². The van der Waals surface area contributed by atoms with Gasteiger partial charge in [-0.05, 0) is 49.8 Å². The Morgan fingerprint density at radius 1 is 1.28 bits per heavy atom. The van der Waals surface area contributed by atoms with Crippen LogP contribution >= 0.6 is 11.6 Å². The molecule has 0 spiro atoms. The first kappa shape index (κ1) is 10.8. The Morgan fingerprint density at radius 2 is 2.06 bits per heavy atom. The van der Waals surface area contributed by atoms with E-state index < -0.39 is 0 Å². The van der Waals surface area contributed by atoms with Gasteiger partial charge in [-0.25, -0.2) is 4.98 Å². The monoisotopic (exact) mass is 261 g/mol. The van der Waals surface area contributed by atoms with Crippen LogP contribution in [0.5, 0.6) is 0 Å². The van der Waals surface area contributed by atoms with E-state index in [0.717, 1.165) is 21.9 Å². The van der Waals surface area contributed by atoms with E-state index in [2.05, 4.69) is 4.57 Å². The normalized spacial score (nSPS) is 21.4. The smallest absolute Gasteiger partial charge is 0.127 e. The zero-order valence-electron chi connectivity index (χ0n) is 10.1. The SMILES string of the molecule is NC(c1nc2ccc(Cl)cc2n1C1CC1)C1CC1. The van der Waals surface area contributed by atoms with E-state index in [9.17, 15) is 0 Å². The Balaban J connectivity index is 1.92. The van der Waals surface area contributed by atoms with Gasteiger partial charge in [0.05, 0.1) is 17.1 Å². The number of hydrogen-bond donors (Lipinski definition) is 1. The predicted octanol–water partition coefficient (Wildman–Crippen LogP) is 3.43. The first-order valence-corrected chi connectivity index (χ1v) is 7.05. The van der Waals surface area contributed by atoms with Gasteiger partial charge in [-0.1, -0.05) is 11.6 Å². The molecule has 0 aliphatic heterocycles. The molecular weight excluding hydrogens is 246 g/mol. The van der Waals surface area contributed by atoms with Crippen LogP contribution < -0.4 is 5.73 Å². The minimum absolute atomic E-state index is 0.0942. The maximum atomic E-state index is 6.35. The highest BCUT2D eigenvalue weighted by molar-refractivity contribution is 6.31. The van der Waals surface area contributed by atoms with E-state index in [1.54, 1.807) is 0 Å². The minimum atomic E-state index is 0.0942. The molecule has 2 aliphatic rings. The highest BCUT2D eigenvalue weighted by Gasteiger charge is 2.36. The van der Waals surface area contributed by atoms with Gasteiger partial charge in [-0.3, -0.25) is 0 Å². The molecule has 0 bridgehead atoms. The molecular formula is C14H16ClN3. The molecule has 0 radical (unpaired) electrons. The Kier molecular flexibility index (Phi) is 2.24. The molecule has 2 fully saturated rings. The summed E-state index contributed by atoms with van der Waals surface area (Å²) in [5, 5.41) is 0.774. The maximum Gasteiger partial charge on any atom is 0.127 e. The van der Waals surface area contributed by atoms with Crippen LogP contribution in [0.15, 0.2) is 18.2 Å². The van der Waals surface area contributed by atoms with E-state index in [1.165, 1.54) is 25.7 Å².